The highest BCUT2D eigenvalue weighted by atomic mass is 15.3. The SMILES string of the molecule is N#CCN1CCN(c2n[nH]c3ccccc23)CC1. The van der Waals surface area contributed by atoms with Gasteiger partial charge < -0.3 is 4.90 Å². The van der Waals surface area contributed by atoms with Gasteiger partial charge in [0.05, 0.1) is 18.1 Å². The highest BCUT2D eigenvalue weighted by Crippen LogP contribution is 2.24. The molecule has 5 heteroatoms. The summed E-state index contributed by atoms with van der Waals surface area (Å²) >= 11 is 0. The molecule has 1 aromatic heterocycles. The summed E-state index contributed by atoms with van der Waals surface area (Å²) in [4.78, 5) is 4.46. The van der Waals surface area contributed by atoms with Gasteiger partial charge in [-0.3, -0.25) is 10.00 Å². The zero-order valence-corrected chi connectivity index (χ0v) is 10.1. The third-order valence-electron chi connectivity index (χ3n) is 3.42. The largest absolute Gasteiger partial charge is 0.352 e. The van der Waals surface area contributed by atoms with Gasteiger partial charge in [0.2, 0.25) is 0 Å². The van der Waals surface area contributed by atoms with Crippen LogP contribution in [0.1, 0.15) is 0 Å². The number of hydrogen-bond donors (Lipinski definition) is 1. The molecule has 5 nitrogen and oxygen atoms in total. The minimum atomic E-state index is 0.523. The van der Waals surface area contributed by atoms with Crippen molar-refractivity contribution >= 4 is 16.7 Å². The molecule has 1 aromatic carbocycles. The van der Waals surface area contributed by atoms with Gasteiger partial charge in [0.25, 0.3) is 0 Å². The first kappa shape index (κ1) is 11.1. The lowest BCUT2D eigenvalue weighted by Crippen LogP contribution is -2.46. The Morgan fingerprint density at radius 2 is 2.00 bits per heavy atom. The minimum absolute atomic E-state index is 0.523. The van der Waals surface area contributed by atoms with Gasteiger partial charge in [0.1, 0.15) is 0 Å². The van der Waals surface area contributed by atoms with E-state index in [9.17, 15) is 0 Å². The molecule has 0 bridgehead atoms. The summed E-state index contributed by atoms with van der Waals surface area (Å²) in [5.41, 5.74) is 1.08. The fourth-order valence-electron chi connectivity index (χ4n) is 2.41. The van der Waals surface area contributed by atoms with E-state index in [4.69, 9.17) is 5.26 Å². The second-order valence-electron chi connectivity index (χ2n) is 4.51. The van der Waals surface area contributed by atoms with Crippen LogP contribution in [0.4, 0.5) is 5.82 Å². The maximum Gasteiger partial charge on any atom is 0.158 e. The predicted octanol–water partition coefficient (Wildman–Crippen LogP) is 1.21. The Hall–Kier alpha value is -2.06. The fraction of sp³-hybridized carbons (Fsp3) is 0.385. The van der Waals surface area contributed by atoms with Gasteiger partial charge >= 0.3 is 0 Å². The molecule has 1 saturated heterocycles. The Morgan fingerprint density at radius 3 is 2.78 bits per heavy atom. The molecular weight excluding hydrogens is 226 g/mol. The second-order valence-corrected chi connectivity index (χ2v) is 4.51. The van der Waals surface area contributed by atoms with Crippen molar-refractivity contribution in [3.05, 3.63) is 24.3 Å². The van der Waals surface area contributed by atoms with E-state index < -0.39 is 0 Å². The predicted molar refractivity (Wildman–Crippen MR) is 70.4 cm³/mol. The molecule has 0 spiro atoms. The van der Waals surface area contributed by atoms with Gasteiger partial charge in [0, 0.05) is 31.6 Å². The molecule has 0 aliphatic carbocycles. The van der Waals surface area contributed by atoms with Crippen LogP contribution in [0.3, 0.4) is 0 Å². The summed E-state index contributed by atoms with van der Waals surface area (Å²) in [5.74, 6) is 1.03. The Bertz CT molecular complexity index is 574. The van der Waals surface area contributed by atoms with Crippen LogP contribution < -0.4 is 4.90 Å². The lowest BCUT2D eigenvalue weighted by Gasteiger charge is -2.33. The van der Waals surface area contributed by atoms with Crippen molar-refractivity contribution < 1.29 is 0 Å². The third kappa shape index (κ3) is 1.91. The van der Waals surface area contributed by atoms with E-state index in [-0.39, 0.29) is 0 Å². The van der Waals surface area contributed by atoms with Crippen LogP contribution in [0.15, 0.2) is 24.3 Å². The van der Waals surface area contributed by atoms with Crippen LogP contribution in [-0.4, -0.2) is 47.8 Å². The Balaban J connectivity index is 1.79. The number of nitrogens with one attached hydrogen (secondary N) is 1. The molecule has 3 rings (SSSR count). The highest BCUT2D eigenvalue weighted by Gasteiger charge is 2.19. The third-order valence-corrected chi connectivity index (χ3v) is 3.42. The standard InChI is InChI=1S/C13H15N5/c14-5-6-17-7-9-18(10-8-17)13-11-3-1-2-4-12(11)15-16-13/h1-4H,6-10H2,(H,15,16). The normalized spacial score (nSPS) is 16.9. The van der Waals surface area contributed by atoms with Gasteiger partial charge in [-0.05, 0) is 12.1 Å². The van der Waals surface area contributed by atoms with E-state index in [0.717, 1.165) is 37.5 Å². The van der Waals surface area contributed by atoms with Crippen LogP contribution in [-0.2, 0) is 0 Å². The number of anilines is 1. The smallest absolute Gasteiger partial charge is 0.158 e. The number of benzene rings is 1. The fourth-order valence-corrected chi connectivity index (χ4v) is 2.41. The molecule has 1 aliphatic rings. The van der Waals surface area contributed by atoms with E-state index in [0.29, 0.717) is 6.54 Å². The van der Waals surface area contributed by atoms with Crippen molar-refractivity contribution in [1.82, 2.24) is 15.1 Å². The highest BCUT2D eigenvalue weighted by molar-refractivity contribution is 5.90. The number of para-hydroxylation sites is 1. The molecule has 0 radical (unpaired) electrons. The summed E-state index contributed by atoms with van der Waals surface area (Å²) in [6, 6.07) is 10.4. The van der Waals surface area contributed by atoms with Crippen molar-refractivity contribution in [3.8, 4) is 6.07 Å². The van der Waals surface area contributed by atoms with Gasteiger partial charge in [-0.1, -0.05) is 12.1 Å². The molecule has 18 heavy (non-hydrogen) atoms. The second kappa shape index (κ2) is 4.67. The first-order chi connectivity index (χ1) is 8.88. The maximum atomic E-state index is 8.69. The molecule has 0 atom stereocenters. The van der Waals surface area contributed by atoms with Crippen LogP contribution in [0, 0.1) is 11.3 Å². The average molecular weight is 241 g/mol. The molecule has 2 heterocycles. The topological polar surface area (TPSA) is 59.0 Å². The van der Waals surface area contributed by atoms with Crippen LogP contribution in [0.5, 0.6) is 0 Å². The van der Waals surface area contributed by atoms with Crippen LogP contribution >= 0.6 is 0 Å². The molecule has 0 saturated carbocycles. The van der Waals surface area contributed by atoms with Gasteiger partial charge in [-0.15, -0.1) is 0 Å². The number of nitrogens with zero attached hydrogens (tertiary/aromatic N) is 4. The molecule has 1 fully saturated rings. The van der Waals surface area contributed by atoms with E-state index >= 15 is 0 Å². The molecule has 1 aliphatic heterocycles. The van der Waals surface area contributed by atoms with Crippen molar-refractivity contribution in [2.24, 2.45) is 0 Å². The van der Waals surface area contributed by atoms with Gasteiger partial charge in [-0.25, -0.2) is 0 Å². The van der Waals surface area contributed by atoms with Gasteiger partial charge in [0.15, 0.2) is 5.82 Å². The van der Waals surface area contributed by atoms with Crippen molar-refractivity contribution in [2.75, 3.05) is 37.6 Å². The van der Waals surface area contributed by atoms with Gasteiger partial charge in [-0.2, -0.15) is 10.4 Å². The van der Waals surface area contributed by atoms with E-state index in [2.05, 4.69) is 32.1 Å². The minimum Gasteiger partial charge on any atom is -0.352 e. The van der Waals surface area contributed by atoms with Crippen molar-refractivity contribution in [3.63, 3.8) is 0 Å². The summed E-state index contributed by atoms with van der Waals surface area (Å²) < 4.78 is 0. The summed E-state index contributed by atoms with van der Waals surface area (Å²) in [6.45, 7) is 4.23. The van der Waals surface area contributed by atoms with Crippen molar-refractivity contribution in [2.45, 2.75) is 0 Å². The molecule has 0 unspecified atom stereocenters. The zero-order chi connectivity index (χ0) is 12.4. The molecule has 1 N–H and O–H groups in total. The monoisotopic (exact) mass is 241 g/mol. The summed E-state index contributed by atoms with van der Waals surface area (Å²) in [5, 5.41) is 17.3. The lowest BCUT2D eigenvalue weighted by molar-refractivity contribution is 0.286. The molecule has 2 aromatic rings. The van der Waals surface area contributed by atoms with Crippen molar-refractivity contribution in [1.29, 1.82) is 5.26 Å². The first-order valence-corrected chi connectivity index (χ1v) is 6.16. The van der Waals surface area contributed by atoms with E-state index in [1.807, 2.05) is 18.2 Å². The number of piperazine rings is 1. The number of aromatic amines is 1. The summed E-state index contributed by atoms with van der Waals surface area (Å²) in [6.07, 6.45) is 0. The first-order valence-electron chi connectivity index (χ1n) is 6.16. The Labute approximate surface area is 106 Å². The van der Waals surface area contributed by atoms with E-state index in [1.165, 1.54) is 5.39 Å². The lowest BCUT2D eigenvalue weighted by atomic mass is 10.2. The Kier molecular flexibility index (Phi) is 2.87. The molecule has 92 valence electrons. The number of aromatic nitrogens is 2. The van der Waals surface area contributed by atoms with Crippen LogP contribution in [0.2, 0.25) is 0 Å². The number of H-pyrrole nitrogens is 1. The van der Waals surface area contributed by atoms with E-state index in [1.54, 1.807) is 0 Å². The molecular formula is C13H15N5. The number of fused-ring (bicyclic) bond motifs is 1. The quantitative estimate of drug-likeness (QED) is 0.803. The van der Waals surface area contributed by atoms with Crippen LogP contribution in [0.25, 0.3) is 10.9 Å². The number of rotatable bonds is 2. The average Bonchev–Trinajstić information content (AvgIpc) is 2.84. The Morgan fingerprint density at radius 1 is 1.22 bits per heavy atom. The number of hydrogen-bond acceptors (Lipinski definition) is 4. The maximum absolute atomic E-state index is 8.69. The zero-order valence-electron chi connectivity index (χ0n) is 10.1. The number of nitriles is 1. The molecule has 0 amide bonds. The summed E-state index contributed by atoms with van der Waals surface area (Å²) in [7, 11) is 0.